The fourth-order valence-electron chi connectivity index (χ4n) is 8.93. The maximum atomic E-state index is 13.9. The van der Waals surface area contributed by atoms with Crippen LogP contribution in [0.25, 0.3) is 0 Å². The Hall–Kier alpha value is -1.42. The summed E-state index contributed by atoms with van der Waals surface area (Å²) in [5.41, 5.74) is 1.16. The number of carbonyl (C=O) groups excluding carboxylic acids is 1. The summed E-state index contributed by atoms with van der Waals surface area (Å²) >= 11 is 0. The minimum Gasteiger partial charge on any atom is -0.351 e. The van der Waals surface area contributed by atoms with Crippen LogP contribution in [0.15, 0.2) is 30.3 Å². The molecule has 1 amide bonds. The van der Waals surface area contributed by atoms with E-state index in [9.17, 15) is 9.18 Å². The predicted octanol–water partition coefficient (Wildman–Crippen LogP) is 4.46. The molecule has 5 atom stereocenters. The molecule has 0 radical (unpaired) electrons. The van der Waals surface area contributed by atoms with Crippen LogP contribution in [0.5, 0.6) is 0 Å². The first-order valence-corrected chi connectivity index (χ1v) is 12.2. The number of carbonyl (C=O) groups is 1. The minimum absolute atomic E-state index is 0.0103. The van der Waals surface area contributed by atoms with Gasteiger partial charge in [-0.3, -0.25) is 9.18 Å². The molecule has 4 aliphatic carbocycles. The average Bonchev–Trinajstić information content (AvgIpc) is 2.74. The minimum atomic E-state index is -0.295. The Balaban J connectivity index is 1.33. The van der Waals surface area contributed by atoms with Gasteiger partial charge in [0.2, 0.25) is 5.91 Å². The number of hydrogen-bond acceptors (Lipinski definition) is 2. The van der Waals surface area contributed by atoms with Crippen molar-refractivity contribution in [2.24, 2.45) is 22.7 Å². The molecule has 7 aliphatic rings. The molecule has 4 saturated carbocycles. The first-order chi connectivity index (χ1) is 14.5. The van der Waals surface area contributed by atoms with Crippen LogP contribution in [0.2, 0.25) is 0 Å². The number of benzene rings is 1. The number of nitrogens with one attached hydrogen (secondary N) is 1. The van der Waals surface area contributed by atoms with Crippen molar-refractivity contribution in [2.75, 3.05) is 26.3 Å². The predicted molar refractivity (Wildman–Crippen MR) is 116 cm³/mol. The van der Waals surface area contributed by atoms with E-state index in [1.54, 1.807) is 0 Å². The zero-order valence-electron chi connectivity index (χ0n) is 18.0. The molecule has 1 aromatic rings. The van der Waals surface area contributed by atoms with Gasteiger partial charge in [-0.2, -0.15) is 0 Å². The lowest BCUT2D eigenvalue weighted by atomic mass is 9.38. The highest BCUT2D eigenvalue weighted by Crippen LogP contribution is 2.71. The van der Waals surface area contributed by atoms with Crippen molar-refractivity contribution >= 4 is 5.91 Å². The van der Waals surface area contributed by atoms with Gasteiger partial charge in [-0.15, -0.1) is 0 Å². The number of nitrogens with zero attached hydrogens (tertiary/aromatic N) is 1. The van der Waals surface area contributed by atoms with E-state index < -0.39 is 0 Å². The van der Waals surface area contributed by atoms with Crippen LogP contribution in [0.4, 0.5) is 4.39 Å². The van der Waals surface area contributed by atoms with Crippen molar-refractivity contribution in [3.63, 3.8) is 0 Å². The van der Waals surface area contributed by atoms with Gasteiger partial charge in [-0.05, 0) is 99.1 Å². The summed E-state index contributed by atoms with van der Waals surface area (Å²) in [7, 11) is 0. The summed E-state index contributed by atoms with van der Waals surface area (Å²) < 4.78 is 13.7. The van der Waals surface area contributed by atoms with Gasteiger partial charge in [0.25, 0.3) is 0 Å². The zero-order valence-corrected chi connectivity index (χ0v) is 18.0. The second kappa shape index (κ2) is 6.79. The Bertz CT molecular complexity index is 822. The van der Waals surface area contributed by atoms with Crippen molar-refractivity contribution in [1.29, 1.82) is 0 Å². The maximum absolute atomic E-state index is 13.9. The molecule has 162 valence electrons. The molecule has 3 nitrogen and oxygen atoms in total. The second-order valence-electron chi connectivity index (χ2n) is 11.6. The monoisotopic (exact) mass is 410 g/mol. The third-order valence-corrected chi connectivity index (χ3v) is 9.65. The lowest BCUT2D eigenvalue weighted by molar-refractivity contribution is -0.166. The number of hydrogen-bond donors (Lipinski definition) is 1. The van der Waals surface area contributed by atoms with Crippen LogP contribution in [0, 0.1) is 22.7 Å². The van der Waals surface area contributed by atoms with Crippen molar-refractivity contribution in [3.8, 4) is 0 Å². The molecule has 1 aromatic carbocycles. The molecule has 3 saturated heterocycles. The van der Waals surface area contributed by atoms with E-state index in [-0.39, 0.29) is 22.9 Å². The number of fused-ring (bicyclic) bond motifs is 3. The van der Waals surface area contributed by atoms with Crippen molar-refractivity contribution in [3.05, 3.63) is 35.9 Å². The van der Waals surface area contributed by atoms with Crippen LogP contribution < -0.4 is 5.32 Å². The third-order valence-electron chi connectivity index (χ3n) is 9.65. The second-order valence-corrected chi connectivity index (χ2v) is 11.6. The van der Waals surface area contributed by atoms with E-state index in [4.69, 9.17) is 0 Å². The van der Waals surface area contributed by atoms with Gasteiger partial charge in [0.05, 0.1) is 12.1 Å². The molecule has 6 bridgehead atoms. The highest BCUT2D eigenvalue weighted by molar-refractivity contribution is 5.84. The normalized spacial score (nSPS) is 46.2. The van der Waals surface area contributed by atoms with Gasteiger partial charge < -0.3 is 10.2 Å². The number of halogens is 1. The molecular weight excluding hydrogens is 375 g/mol. The Morgan fingerprint density at radius 3 is 2.57 bits per heavy atom. The topological polar surface area (TPSA) is 32.3 Å². The largest absolute Gasteiger partial charge is 0.351 e. The smallest absolute Gasteiger partial charge is 0.226 e. The van der Waals surface area contributed by atoms with Crippen LogP contribution in [0.3, 0.4) is 0 Å². The Labute approximate surface area is 179 Å². The van der Waals surface area contributed by atoms with E-state index >= 15 is 0 Å². The van der Waals surface area contributed by atoms with Gasteiger partial charge in [-0.1, -0.05) is 30.3 Å². The number of piperidine rings is 3. The molecule has 3 heterocycles. The third kappa shape index (κ3) is 2.89. The Morgan fingerprint density at radius 2 is 1.87 bits per heavy atom. The van der Waals surface area contributed by atoms with Gasteiger partial charge in [0, 0.05) is 12.6 Å². The quantitative estimate of drug-likeness (QED) is 0.777. The van der Waals surface area contributed by atoms with Crippen molar-refractivity contribution in [1.82, 2.24) is 10.2 Å². The van der Waals surface area contributed by atoms with E-state index in [0.717, 1.165) is 38.6 Å². The van der Waals surface area contributed by atoms with E-state index in [0.29, 0.717) is 30.2 Å². The molecule has 4 heteroatoms. The lowest BCUT2D eigenvalue weighted by Crippen LogP contribution is -2.65. The molecule has 3 aliphatic heterocycles. The van der Waals surface area contributed by atoms with Gasteiger partial charge in [0.15, 0.2) is 0 Å². The van der Waals surface area contributed by atoms with Crippen LogP contribution >= 0.6 is 0 Å². The molecule has 30 heavy (non-hydrogen) atoms. The summed E-state index contributed by atoms with van der Waals surface area (Å²) in [6, 6.07) is 11.2. The molecule has 0 aromatic heterocycles. The number of amides is 1. The average molecular weight is 411 g/mol. The fourth-order valence-corrected chi connectivity index (χ4v) is 8.93. The highest BCUT2D eigenvalue weighted by Gasteiger charge is 2.65. The van der Waals surface area contributed by atoms with Gasteiger partial charge >= 0.3 is 0 Å². The van der Waals surface area contributed by atoms with E-state index in [1.807, 2.05) is 0 Å². The summed E-state index contributed by atoms with van der Waals surface area (Å²) in [4.78, 5) is 16.5. The summed E-state index contributed by atoms with van der Waals surface area (Å²) in [5.74, 6) is 1.51. The van der Waals surface area contributed by atoms with Crippen LogP contribution in [-0.2, 0) is 10.2 Å². The number of rotatable bonds is 5. The van der Waals surface area contributed by atoms with Crippen LogP contribution in [-0.4, -0.2) is 43.2 Å². The fraction of sp³-hybridized carbons (Fsp3) is 0.731. The highest BCUT2D eigenvalue weighted by atomic mass is 19.1. The van der Waals surface area contributed by atoms with Crippen molar-refractivity contribution < 1.29 is 9.18 Å². The first-order valence-electron chi connectivity index (χ1n) is 12.2. The Morgan fingerprint density at radius 1 is 1.07 bits per heavy atom. The van der Waals surface area contributed by atoms with Gasteiger partial charge in [0.1, 0.15) is 0 Å². The molecule has 3 unspecified atom stereocenters. The molecule has 0 spiro atoms. The summed E-state index contributed by atoms with van der Waals surface area (Å²) in [5, 5.41) is 3.56. The SMILES string of the molecule is O=C(NC1CN2CCC1CC2)C12CC3C[C@](CCF)(C1)C[C@@](c1ccccc1)(C3)C2. The van der Waals surface area contributed by atoms with Gasteiger partial charge in [-0.25, -0.2) is 0 Å². The van der Waals surface area contributed by atoms with E-state index in [1.165, 1.54) is 37.9 Å². The van der Waals surface area contributed by atoms with E-state index in [2.05, 4.69) is 40.5 Å². The van der Waals surface area contributed by atoms with Crippen molar-refractivity contribution in [2.45, 2.75) is 69.2 Å². The first kappa shape index (κ1) is 19.3. The molecule has 7 fully saturated rings. The summed E-state index contributed by atoms with van der Waals surface area (Å²) in [6.45, 7) is 3.16. The lowest BCUT2D eigenvalue weighted by Gasteiger charge is -2.66. The molecule has 8 rings (SSSR count). The standard InChI is InChI=1S/C26H35FN2O/c27-9-8-24-12-19-13-25(16-24,21-4-2-1-3-5-21)18-26(14-19,17-24)23(30)28-22-15-29-10-6-20(22)7-11-29/h1-5,19-20,22H,6-18H2,(H,28,30)/t19?,22?,24-,25-,26?/m0/s1. The Kier molecular flexibility index (Phi) is 4.36. The zero-order chi connectivity index (χ0) is 20.4. The molecule has 1 N–H and O–H groups in total. The number of alkyl halides is 1. The maximum Gasteiger partial charge on any atom is 0.226 e. The molecular formula is C26H35FN2O. The summed E-state index contributed by atoms with van der Waals surface area (Å²) in [6.07, 6.45) is 9.33. The van der Waals surface area contributed by atoms with Crippen LogP contribution in [0.1, 0.15) is 63.4 Å².